The Balaban J connectivity index is 1.19. The minimum Gasteiger partial charge on any atom is -0.308 e. The second-order valence-electron chi connectivity index (χ2n) is 13.0. The highest BCUT2D eigenvalue weighted by Crippen LogP contribution is 2.58. The maximum atomic E-state index is 4.31. The maximum absolute atomic E-state index is 4.31. The van der Waals surface area contributed by atoms with Crippen molar-refractivity contribution in [2.75, 3.05) is 4.90 Å². The molecule has 3 nitrogen and oxygen atoms in total. The summed E-state index contributed by atoms with van der Waals surface area (Å²) in [6.07, 6.45) is 5.27. The molecule has 0 N–H and O–H groups in total. The Labute approximate surface area is 296 Å². The molecule has 10 rings (SSSR count). The number of benzene rings is 8. The molecular weight excluding hydrogens is 619 g/mol. The summed E-state index contributed by atoms with van der Waals surface area (Å²) in [6.45, 7) is 0. The summed E-state index contributed by atoms with van der Waals surface area (Å²) in [6, 6.07) is 61.5. The van der Waals surface area contributed by atoms with Crippen molar-refractivity contribution in [2.24, 2.45) is 0 Å². The maximum Gasteiger partial charge on any atom is 0.115 e. The number of fused-ring (bicyclic) bond motifs is 4. The van der Waals surface area contributed by atoms with Gasteiger partial charge in [0.25, 0.3) is 0 Å². The summed E-state index contributed by atoms with van der Waals surface area (Å²) in [7, 11) is 0. The predicted molar refractivity (Wildman–Crippen MR) is 212 cm³/mol. The smallest absolute Gasteiger partial charge is 0.115 e. The number of anilines is 3. The molecule has 0 saturated carbocycles. The van der Waals surface area contributed by atoms with Gasteiger partial charge in [-0.25, -0.2) is 9.97 Å². The summed E-state index contributed by atoms with van der Waals surface area (Å²) in [5, 5.41) is 5.11. The third-order valence-corrected chi connectivity index (χ3v) is 10.2. The fourth-order valence-electron chi connectivity index (χ4n) is 8.08. The van der Waals surface area contributed by atoms with E-state index in [1.807, 2.05) is 18.5 Å². The van der Waals surface area contributed by atoms with Crippen molar-refractivity contribution in [3.8, 4) is 55.6 Å². The standard InChI is InChI=1S/C48H31N3/c1-4-13-33(14-5-1)44-40-19-10-11-20-41(40)45(34-15-6-2-7-16-34)48-43-28-27-38(39-21-12-22-42(46(39)43)47(44)48)32-23-25-36(26-24-32)51(35-17-8-3-9-18-35)37-29-49-31-50-30-37/h1-31H. The Kier molecular flexibility index (Phi) is 6.81. The van der Waals surface area contributed by atoms with Crippen LogP contribution in [0.15, 0.2) is 189 Å². The number of hydrogen-bond acceptors (Lipinski definition) is 3. The van der Waals surface area contributed by atoms with Crippen LogP contribution < -0.4 is 4.90 Å². The van der Waals surface area contributed by atoms with Gasteiger partial charge in [-0.3, -0.25) is 0 Å². The van der Waals surface area contributed by atoms with Crippen LogP contribution >= 0.6 is 0 Å². The van der Waals surface area contributed by atoms with Crippen molar-refractivity contribution in [3.05, 3.63) is 189 Å². The Bertz CT molecular complexity index is 2580. The highest BCUT2D eigenvalue weighted by Gasteiger charge is 2.31. The third-order valence-electron chi connectivity index (χ3n) is 10.2. The van der Waals surface area contributed by atoms with E-state index in [0.29, 0.717) is 0 Å². The van der Waals surface area contributed by atoms with E-state index >= 15 is 0 Å². The van der Waals surface area contributed by atoms with Crippen LogP contribution in [-0.2, 0) is 0 Å². The molecule has 1 aliphatic carbocycles. The van der Waals surface area contributed by atoms with Gasteiger partial charge in [0.1, 0.15) is 6.33 Å². The fraction of sp³-hybridized carbons (Fsp3) is 0. The van der Waals surface area contributed by atoms with Crippen LogP contribution in [0, 0.1) is 0 Å². The summed E-state index contributed by atoms with van der Waals surface area (Å²) >= 11 is 0. The lowest BCUT2D eigenvalue weighted by Crippen LogP contribution is -2.10. The predicted octanol–water partition coefficient (Wildman–Crippen LogP) is 12.9. The van der Waals surface area contributed by atoms with Crippen molar-refractivity contribution in [1.82, 2.24) is 9.97 Å². The first kappa shape index (κ1) is 29.1. The monoisotopic (exact) mass is 649 g/mol. The normalized spacial score (nSPS) is 11.5. The molecule has 0 saturated heterocycles. The van der Waals surface area contributed by atoms with E-state index in [2.05, 4.69) is 179 Å². The van der Waals surface area contributed by atoms with E-state index in [9.17, 15) is 0 Å². The van der Waals surface area contributed by atoms with Crippen LogP contribution in [0.4, 0.5) is 17.1 Å². The summed E-state index contributed by atoms with van der Waals surface area (Å²) in [5.74, 6) is 0. The average Bonchev–Trinajstić information content (AvgIpc) is 3.54. The van der Waals surface area contributed by atoms with Crippen molar-refractivity contribution in [1.29, 1.82) is 0 Å². The zero-order valence-corrected chi connectivity index (χ0v) is 27.7. The van der Waals surface area contributed by atoms with Gasteiger partial charge in [0.2, 0.25) is 0 Å². The van der Waals surface area contributed by atoms with Crippen molar-refractivity contribution in [3.63, 3.8) is 0 Å². The molecule has 1 aliphatic rings. The molecule has 0 radical (unpaired) electrons. The molecule has 0 atom stereocenters. The summed E-state index contributed by atoms with van der Waals surface area (Å²) < 4.78 is 0. The van der Waals surface area contributed by atoms with Crippen molar-refractivity contribution in [2.45, 2.75) is 0 Å². The van der Waals surface area contributed by atoms with Gasteiger partial charge in [-0.05, 0) is 101 Å². The zero-order valence-electron chi connectivity index (χ0n) is 27.7. The minimum atomic E-state index is 0.912. The topological polar surface area (TPSA) is 29.0 Å². The van der Waals surface area contributed by atoms with E-state index in [4.69, 9.17) is 0 Å². The van der Waals surface area contributed by atoms with E-state index in [1.165, 1.54) is 77.2 Å². The van der Waals surface area contributed by atoms with Gasteiger partial charge in [-0.1, -0.05) is 146 Å². The molecule has 3 heteroatoms. The average molecular weight is 650 g/mol. The highest BCUT2D eigenvalue weighted by molar-refractivity contribution is 6.28. The molecule has 51 heavy (non-hydrogen) atoms. The number of rotatable bonds is 6. The highest BCUT2D eigenvalue weighted by atomic mass is 15.2. The Morgan fingerprint density at radius 3 is 1.41 bits per heavy atom. The van der Waals surface area contributed by atoms with Gasteiger partial charge in [-0.15, -0.1) is 0 Å². The largest absolute Gasteiger partial charge is 0.308 e. The number of para-hydroxylation sites is 1. The van der Waals surface area contributed by atoms with Crippen LogP contribution in [0.25, 0.3) is 77.2 Å². The van der Waals surface area contributed by atoms with Crippen LogP contribution in [-0.4, -0.2) is 9.97 Å². The zero-order chi connectivity index (χ0) is 33.7. The lowest BCUT2D eigenvalue weighted by atomic mass is 9.82. The second-order valence-corrected chi connectivity index (χ2v) is 13.0. The van der Waals surface area contributed by atoms with E-state index in [-0.39, 0.29) is 0 Å². The molecule has 0 unspecified atom stereocenters. The van der Waals surface area contributed by atoms with E-state index in [1.54, 1.807) is 6.33 Å². The molecule has 1 aromatic heterocycles. The Morgan fingerprint density at radius 2 is 0.804 bits per heavy atom. The fourth-order valence-corrected chi connectivity index (χ4v) is 8.08. The van der Waals surface area contributed by atoms with Crippen molar-refractivity contribution >= 4 is 38.6 Å². The lowest BCUT2D eigenvalue weighted by Gasteiger charge is -2.24. The molecule has 0 aliphatic heterocycles. The van der Waals surface area contributed by atoms with Gasteiger partial charge in [0, 0.05) is 11.4 Å². The first-order valence-electron chi connectivity index (χ1n) is 17.3. The van der Waals surface area contributed by atoms with Crippen molar-refractivity contribution < 1.29 is 0 Å². The minimum absolute atomic E-state index is 0.912. The quantitative estimate of drug-likeness (QED) is 0.179. The molecule has 0 amide bonds. The van der Waals surface area contributed by atoms with E-state index < -0.39 is 0 Å². The SMILES string of the molecule is c1ccc(-c2c3c(c(-c4ccccc4)c4ccccc24)-c2ccc(-c4ccc(N(c5ccccc5)c5cncnc5)cc4)c4cccc-3c24)cc1. The molecule has 0 fully saturated rings. The second kappa shape index (κ2) is 11.9. The molecule has 0 spiro atoms. The van der Waals surface area contributed by atoms with Gasteiger partial charge >= 0.3 is 0 Å². The Morgan fingerprint density at radius 1 is 0.314 bits per heavy atom. The van der Waals surface area contributed by atoms with Gasteiger partial charge in [0.15, 0.2) is 0 Å². The van der Waals surface area contributed by atoms with Crippen LogP contribution in [0.1, 0.15) is 0 Å². The molecule has 238 valence electrons. The summed E-state index contributed by atoms with van der Waals surface area (Å²) in [4.78, 5) is 10.8. The summed E-state index contributed by atoms with van der Waals surface area (Å²) in [5.41, 5.74) is 15.7. The van der Waals surface area contributed by atoms with Gasteiger partial charge in [0.05, 0.1) is 18.1 Å². The van der Waals surface area contributed by atoms with E-state index in [0.717, 1.165) is 17.1 Å². The lowest BCUT2D eigenvalue weighted by molar-refractivity contribution is 1.13. The van der Waals surface area contributed by atoms with Crippen LogP contribution in [0.3, 0.4) is 0 Å². The Hall–Kier alpha value is -6.84. The van der Waals surface area contributed by atoms with Crippen LogP contribution in [0.2, 0.25) is 0 Å². The number of aromatic nitrogens is 2. The molecule has 9 aromatic rings. The number of hydrogen-bond donors (Lipinski definition) is 0. The molecule has 0 bridgehead atoms. The van der Waals surface area contributed by atoms with Gasteiger partial charge in [-0.2, -0.15) is 0 Å². The third kappa shape index (κ3) is 4.67. The van der Waals surface area contributed by atoms with Crippen LogP contribution in [0.5, 0.6) is 0 Å². The molecular formula is C48H31N3. The van der Waals surface area contributed by atoms with Gasteiger partial charge < -0.3 is 4.90 Å². The molecule has 1 heterocycles. The first-order chi connectivity index (χ1) is 25.3. The first-order valence-corrected chi connectivity index (χ1v) is 17.3. The number of nitrogens with zero attached hydrogens (tertiary/aromatic N) is 3. The molecule has 8 aromatic carbocycles.